The number of para-hydroxylation sites is 1. The van der Waals surface area contributed by atoms with Crippen LogP contribution in [0.5, 0.6) is 11.5 Å². The number of carbonyl (C=O) groups is 1. The van der Waals surface area contributed by atoms with Crippen molar-refractivity contribution in [2.45, 2.75) is 6.61 Å². The highest BCUT2D eigenvalue weighted by molar-refractivity contribution is 7.80. The van der Waals surface area contributed by atoms with Crippen molar-refractivity contribution in [3.8, 4) is 11.5 Å². The molecule has 3 rings (SSSR count). The highest BCUT2D eigenvalue weighted by Gasteiger charge is 2.10. The quantitative estimate of drug-likeness (QED) is 0.392. The van der Waals surface area contributed by atoms with Crippen molar-refractivity contribution in [3.05, 3.63) is 90.0 Å². The number of hydrazine groups is 1. The minimum atomic E-state index is -0.494. The van der Waals surface area contributed by atoms with Crippen LogP contribution in [-0.2, 0) is 6.61 Å². The average Bonchev–Trinajstić information content (AvgIpc) is 2.72. The second-order valence-corrected chi connectivity index (χ2v) is 6.26. The number of ether oxygens (including phenoxy) is 1. The average molecular weight is 393 g/mol. The van der Waals surface area contributed by atoms with Crippen LogP contribution >= 0.6 is 12.2 Å². The minimum absolute atomic E-state index is 0.105. The molecule has 0 aliphatic rings. The lowest BCUT2D eigenvalue weighted by Gasteiger charge is -2.13. The maximum atomic E-state index is 12.0. The van der Waals surface area contributed by atoms with E-state index >= 15 is 0 Å². The summed E-state index contributed by atoms with van der Waals surface area (Å²) in [7, 11) is 0. The van der Waals surface area contributed by atoms with Crippen molar-refractivity contribution < 1.29 is 14.6 Å². The normalized spacial score (nSPS) is 10.0. The van der Waals surface area contributed by atoms with Gasteiger partial charge in [0.2, 0.25) is 0 Å². The Labute approximate surface area is 168 Å². The maximum absolute atomic E-state index is 12.0. The van der Waals surface area contributed by atoms with Crippen molar-refractivity contribution >= 4 is 28.9 Å². The largest absolute Gasteiger partial charge is 0.507 e. The number of thiocarbonyl (C=S) groups is 1. The van der Waals surface area contributed by atoms with Crippen LogP contribution in [0, 0.1) is 0 Å². The van der Waals surface area contributed by atoms with Crippen LogP contribution in [0.2, 0.25) is 0 Å². The van der Waals surface area contributed by atoms with E-state index in [4.69, 9.17) is 17.0 Å². The van der Waals surface area contributed by atoms with Crippen molar-refractivity contribution in [2.24, 2.45) is 0 Å². The second-order valence-electron chi connectivity index (χ2n) is 5.85. The van der Waals surface area contributed by atoms with E-state index in [0.29, 0.717) is 6.61 Å². The van der Waals surface area contributed by atoms with Gasteiger partial charge < -0.3 is 15.2 Å². The van der Waals surface area contributed by atoms with Crippen LogP contribution in [0.15, 0.2) is 78.9 Å². The molecular formula is C21H19N3O3S. The Morgan fingerprint density at radius 3 is 2.29 bits per heavy atom. The molecule has 0 heterocycles. The molecule has 0 fully saturated rings. The second kappa shape index (κ2) is 9.38. The highest BCUT2D eigenvalue weighted by atomic mass is 32.1. The summed E-state index contributed by atoms with van der Waals surface area (Å²) in [5.41, 5.74) is 7.01. The lowest BCUT2D eigenvalue weighted by Crippen LogP contribution is -2.43. The van der Waals surface area contributed by atoms with Gasteiger partial charge >= 0.3 is 0 Å². The van der Waals surface area contributed by atoms with Crippen LogP contribution < -0.4 is 20.9 Å². The Bertz CT molecular complexity index is 947. The first-order valence-corrected chi connectivity index (χ1v) is 8.95. The van der Waals surface area contributed by atoms with Crippen LogP contribution in [0.1, 0.15) is 15.9 Å². The van der Waals surface area contributed by atoms with Gasteiger partial charge in [0, 0.05) is 5.69 Å². The van der Waals surface area contributed by atoms with Gasteiger partial charge in [-0.2, -0.15) is 0 Å². The maximum Gasteiger partial charge on any atom is 0.273 e. The predicted octanol–water partition coefficient (Wildman–Crippen LogP) is 3.60. The fraction of sp³-hybridized carbons (Fsp3) is 0.0476. The topological polar surface area (TPSA) is 82.6 Å². The Hall–Kier alpha value is -3.58. The van der Waals surface area contributed by atoms with Crippen molar-refractivity contribution in [3.63, 3.8) is 0 Å². The van der Waals surface area contributed by atoms with Gasteiger partial charge in [0.05, 0.1) is 5.56 Å². The fourth-order valence-corrected chi connectivity index (χ4v) is 2.55. The first-order valence-electron chi connectivity index (χ1n) is 8.54. The van der Waals surface area contributed by atoms with Gasteiger partial charge in [-0.3, -0.25) is 15.6 Å². The molecule has 0 aliphatic carbocycles. The third-order valence-electron chi connectivity index (χ3n) is 3.80. The van der Waals surface area contributed by atoms with E-state index in [1.54, 1.807) is 12.1 Å². The van der Waals surface area contributed by atoms with E-state index in [1.165, 1.54) is 12.1 Å². The standard InChI is InChI=1S/C21H19N3O3S/c25-19-9-5-4-8-18(19)20(26)23-24-21(28)22-16-10-12-17(13-11-16)27-14-15-6-2-1-3-7-15/h1-13,25H,14H2,(H,23,26)(H2,22,24,28). The Morgan fingerprint density at radius 1 is 0.893 bits per heavy atom. The van der Waals surface area contributed by atoms with Gasteiger partial charge in [-0.25, -0.2) is 0 Å². The molecule has 4 N–H and O–H groups in total. The Kier molecular flexibility index (Phi) is 6.43. The van der Waals surface area contributed by atoms with Crippen LogP contribution in [-0.4, -0.2) is 16.1 Å². The number of rotatable bonds is 5. The van der Waals surface area contributed by atoms with Gasteiger partial charge in [0.1, 0.15) is 18.1 Å². The number of carbonyl (C=O) groups excluding carboxylic acids is 1. The molecule has 0 aromatic heterocycles. The molecule has 0 atom stereocenters. The van der Waals surface area contributed by atoms with E-state index < -0.39 is 5.91 Å². The monoisotopic (exact) mass is 393 g/mol. The molecule has 3 aromatic carbocycles. The van der Waals surface area contributed by atoms with Gasteiger partial charge in [0.15, 0.2) is 5.11 Å². The van der Waals surface area contributed by atoms with E-state index in [0.717, 1.165) is 17.0 Å². The van der Waals surface area contributed by atoms with Crippen molar-refractivity contribution in [1.82, 2.24) is 10.9 Å². The van der Waals surface area contributed by atoms with Gasteiger partial charge in [-0.15, -0.1) is 0 Å². The molecule has 142 valence electrons. The molecule has 1 amide bonds. The molecule has 0 aliphatic heterocycles. The molecule has 0 saturated heterocycles. The molecule has 7 heteroatoms. The van der Waals surface area contributed by atoms with Crippen molar-refractivity contribution in [1.29, 1.82) is 0 Å². The van der Waals surface area contributed by atoms with E-state index in [9.17, 15) is 9.90 Å². The minimum Gasteiger partial charge on any atom is -0.507 e. The number of amides is 1. The van der Waals surface area contributed by atoms with Crippen molar-refractivity contribution in [2.75, 3.05) is 5.32 Å². The van der Waals surface area contributed by atoms with Gasteiger partial charge in [-0.05, 0) is 54.2 Å². The first kappa shape index (κ1) is 19.2. The molecule has 28 heavy (non-hydrogen) atoms. The Morgan fingerprint density at radius 2 is 1.57 bits per heavy atom. The number of anilines is 1. The smallest absolute Gasteiger partial charge is 0.273 e. The molecule has 0 radical (unpaired) electrons. The summed E-state index contributed by atoms with van der Waals surface area (Å²) in [6, 6.07) is 23.4. The molecule has 3 aromatic rings. The third kappa shape index (κ3) is 5.46. The molecule has 0 spiro atoms. The summed E-state index contributed by atoms with van der Waals surface area (Å²) in [5.74, 6) is 0.139. The SMILES string of the molecule is O=C(NNC(=S)Nc1ccc(OCc2ccccc2)cc1)c1ccccc1O. The number of phenols is 1. The summed E-state index contributed by atoms with van der Waals surface area (Å²) in [4.78, 5) is 12.0. The number of phenolic OH excluding ortho intramolecular Hbond substituents is 1. The summed E-state index contributed by atoms with van der Waals surface area (Å²) < 4.78 is 5.73. The highest BCUT2D eigenvalue weighted by Crippen LogP contribution is 2.17. The van der Waals surface area contributed by atoms with E-state index in [-0.39, 0.29) is 16.4 Å². The predicted molar refractivity (Wildman–Crippen MR) is 112 cm³/mol. The van der Waals surface area contributed by atoms with Crippen LogP contribution in [0.4, 0.5) is 5.69 Å². The Balaban J connectivity index is 1.46. The number of benzene rings is 3. The van der Waals surface area contributed by atoms with Gasteiger partial charge in [-0.1, -0.05) is 42.5 Å². The van der Waals surface area contributed by atoms with E-state index in [2.05, 4.69) is 16.2 Å². The van der Waals surface area contributed by atoms with Gasteiger partial charge in [0.25, 0.3) is 5.91 Å². The fourth-order valence-electron chi connectivity index (χ4n) is 2.38. The summed E-state index contributed by atoms with van der Waals surface area (Å²) in [6.07, 6.45) is 0. The summed E-state index contributed by atoms with van der Waals surface area (Å²) >= 11 is 5.15. The zero-order valence-electron chi connectivity index (χ0n) is 14.9. The summed E-state index contributed by atoms with van der Waals surface area (Å²) in [6.45, 7) is 0.492. The molecule has 0 unspecified atom stereocenters. The summed E-state index contributed by atoms with van der Waals surface area (Å²) in [5, 5.41) is 12.8. The molecular weight excluding hydrogens is 374 g/mol. The molecule has 6 nitrogen and oxygen atoms in total. The molecule has 0 bridgehead atoms. The lowest BCUT2D eigenvalue weighted by molar-refractivity contribution is 0.0941. The van der Waals surface area contributed by atoms with E-state index in [1.807, 2.05) is 54.6 Å². The van der Waals surface area contributed by atoms with Crippen LogP contribution in [0.3, 0.4) is 0 Å². The number of hydrogen-bond donors (Lipinski definition) is 4. The zero-order valence-corrected chi connectivity index (χ0v) is 15.7. The molecule has 0 saturated carbocycles. The first-order chi connectivity index (χ1) is 13.6. The number of nitrogens with one attached hydrogen (secondary N) is 3. The number of aromatic hydroxyl groups is 1. The zero-order chi connectivity index (χ0) is 19.8. The lowest BCUT2D eigenvalue weighted by atomic mass is 10.2. The number of hydrogen-bond acceptors (Lipinski definition) is 4. The third-order valence-corrected chi connectivity index (χ3v) is 4.00. The van der Waals surface area contributed by atoms with Crippen LogP contribution in [0.25, 0.3) is 0 Å².